The minimum absolute atomic E-state index is 0.0183. The highest BCUT2D eigenvalue weighted by molar-refractivity contribution is 7.11. The van der Waals surface area contributed by atoms with Gasteiger partial charge >= 0.3 is 6.03 Å². The smallest absolute Gasteiger partial charge is 0.324 e. The fourth-order valence-corrected chi connectivity index (χ4v) is 6.50. The zero-order chi connectivity index (χ0) is 23.5. The molecule has 0 bridgehead atoms. The lowest BCUT2D eigenvalue weighted by atomic mass is 9.91. The molecule has 0 radical (unpaired) electrons. The highest BCUT2D eigenvalue weighted by Gasteiger charge is 2.35. The molecule has 4 heterocycles. The first-order chi connectivity index (χ1) is 16.6. The molecule has 0 saturated carbocycles. The van der Waals surface area contributed by atoms with E-state index in [-0.39, 0.29) is 11.9 Å². The van der Waals surface area contributed by atoms with Gasteiger partial charge in [0.15, 0.2) is 0 Å². The number of likely N-dealkylation sites (tertiary alicyclic amines) is 2. The van der Waals surface area contributed by atoms with Crippen molar-refractivity contribution in [3.63, 3.8) is 0 Å². The van der Waals surface area contributed by atoms with Crippen LogP contribution in [-0.2, 0) is 0 Å². The van der Waals surface area contributed by atoms with Gasteiger partial charge in [-0.1, -0.05) is 31.4 Å². The molecule has 1 aromatic carbocycles. The molecular weight excluding hydrogens is 444 g/mol. The Morgan fingerprint density at radius 2 is 1.82 bits per heavy atom. The Kier molecular flexibility index (Phi) is 7.21. The summed E-state index contributed by atoms with van der Waals surface area (Å²) in [5.74, 6) is 0.564. The van der Waals surface area contributed by atoms with Crippen LogP contribution in [0.25, 0.3) is 0 Å². The molecule has 6 nitrogen and oxygen atoms in total. The largest absolute Gasteiger partial charge is 0.329 e. The fraction of sp³-hybridized carbons (Fsp3) is 0.556. The average Bonchev–Trinajstić information content (AvgIpc) is 3.19. The monoisotopic (exact) mass is 480 g/mol. The number of unbranched alkanes of at least 4 members (excludes halogenated alkanes) is 1. The summed E-state index contributed by atoms with van der Waals surface area (Å²) in [4.78, 5) is 34.0. The molecule has 7 heteroatoms. The predicted octanol–water partition coefficient (Wildman–Crippen LogP) is 6.25. The van der Waals surface area contributed by atoms with Crippen molar-refractivity contribution in [3.8, 4) is 0 Å². The Morgan fingerprint density at radius 3 is 2.62 bits per heavy atom. The van der Waals surface area contributed by atoms with Crippen molar-refractivity contribution in [2.45, 2.75) is 58.3 Å². The van der Waals surface area contributed by atoms with Gasteiger partial charge in [-0.05, 0) is 76.7 Å². The summed E-state index contributed by atoms with van der Waals surface area (Å²) in [6.07, 6.45) is 10.1. The van der Waals surface area contributed by atoms with E-state index in [0.29, 0.717) is 17.2 Å². The number of nitrogens with one attached hydrogen (secondary N) is 1. The molecule has 34 heavy (non-hydrogen) atoms. The zero-order valence-corrected chi connectivity index (χ0v) is 21.0. The molecule has 2 aromatic rings. The van der Waals surface area contributed by atoms with E-state index in [1.807, 2.05) is 41.5 Å². The van der Waals surface area contributed by atoms with Crippen molar-refractivity contribution in [1.29, 1.82) is 0 Å². The maximum atomic E-state index is 13.8. The van der Waals surface area contributed by atoms with Gasteiger partial charge < -0.3 is 15.1 Å². The molecule has 3 amide bonds. The van der Waals surface area contributed by atoms with E-state index in [9.17, 15) is 9.59 Å². The van der Waals surface area contributed by atoms with Crippen molar-refractivity contribution in [2.24, 2.45) is 5.92 Å². The molecule has 2 fully saturated rings. The van der Waals surface area contributed by atoms with Gasteiger partial charge in [-0.15, -0.1) is 11.3 Å². The van der Waals surface area contributed by atoms with Crippen molar-refractivity contribution < 1.29 is 9.59 Å². The number of thiophene rings is 1. The number of benzene rings is 1. The quantitative estimate of drug-likeness (QED) is 0.515. The van der Waals surface area contributed by atoms with Gasteiger partial charge in [0.25, 0.3) is 5.91 Å². The summed E-state index contributed by atoms with van der Waals surface area (Å²) in [6.45, 7) is 7.38. The first kappa shape index (κ1) is 23.4. The molecule has 2 saturated heterocycles. The molecular formula is C27H36N4O2S. The van der Waals surface area contributed by atoms with Crippen LogP contribution in [0.3, 0.4) is 0 Å². The van der Waals surface area contributed by atoms with E-state index in [0.717, 1.165) is 42.2 Å². The summed E-state index contributed by atoms with van der Waals surface area (Å²) < 4.78 is 0. The van der Waals surface area contributed by atoms with Crippen molar-refractivity contribution in [2.75, 3.05) is 42.9 Å². The van der Waals surface area contributed by atoms with Crippen LogP contribution in [0.15, 0.2) is 29.6 Å². The van der Waals surface area contributed by atoms with Gasteiger partial charge in [0.2, 0.25) is 0 Å². The first-order valence-corrected chi connectivity index (χ1v) is 13.8. The molecule has 182 valence electrons. The molecule has 1 N–H and O–H groups in total. The maximum absolute atomic E-state index is 13.8. The third-order valence-corrected chi connectivity index (χ3v) is 8.57. The topological polar surface area (TPSA) is 55.9 Å². The van der Waals surface area contributed by atoms with Crippen LogP contribution < -0.4 is 10.2 Å². The zero-order valence-electron chi connectivity index (χ0n) is 20.2. The van der Waals surface area contributed by atoms with E-state index < -0.39 is 0 Å². The van der Waals surface area contributed by atoms with Crippen molar-refractivity contribution in [3.05, 3.63) is 40.1 Å². The number of urea groups is 1. The molecule has 0 aliphatic carbocycles. The molecule has 3 aliphatic rings. The minimum Gasteiger partial charge on any atom is -0.324 e. The van der Waals surface area contributed by atoms with Gasteiger partial charge in [-0.3, -0.25) is 9.69 Å². The second-order valence-corrected chi connectivity index (χ2v) is 11.1. The third-order valence-electron chi connectivity index (χ3n) is 7.67. The number of carbonyl (C=O) groups excluding carboxylic acids is 2. The van der Waals surface area contributed by atoms with Gasteiger partial charge in [0, 0.05) is 23.3 Å². The van der Waals surface area contributed by atoms with Gasteiger partial charge in [0.1, 0.15) is 0 Å². The number of nitrogens with zero attached hydrogens (tertiary/aromatic N) is 3. The third kappa shape index (κ3) is 4.86. The predicted molar refractivity (Wildman–Crippen MR) is 139 cm³/mol. The van der Waals surface area contributed by atoms with E-state index >= 15 is 0 Å². The van der Waals surface area contributed by atoms with Gasteiger partial charge in [-0.25, -0.2) is 4.79 Å². The Labute approximate surface area is 206 Å². The Balaban J connectivity index is 1.21. The number of hydrogen-bond acceptors (Lipinski definition) is 4. The van der Waals surface area contributed by atoms with Gasteiger partial charge in [-0.2, -0.15) is 0 Å². The van der Waals surface area contributed by atoms with Crippen LogP contribution in [0.5, 0.6) is 0 Å². The number of para-hydroxylation sites is 2. The summed E-state index contributed by atoms with van der Waals surface area (Å²) in [5, 5.41) is 4.85. The van der Waals surface area contributed by atoms with Crippen molar-refractivity contribution >= 4 is 40.3 Å². The number of piperidine rings is 2. The SMILES string of the molecule is Cc1scc2c1N(C(=O)N1CCC(CCCCN3CCCCC3)CC1)c1ccccc1NC2=O. The summed E-state index contributed by atoms with van der Waals surface area (Å²) in [7, 11) is 0. The van der Waals surface area contributed by atoms with Crippen LogP contribution in [-0.4, -0.2) is 54.5 Å². The molecule has 0 atom stereocenters. The molecule has 3 aliphatic heterocycles. The van der Waals surface area contributed by atoms with E-state index in [1.54, 1.807) is 4.90 Å². The Bertz CT molecular complexity index is 1020. The normalized spacial score (nSPS) is 19.4. The number of aryl methyl sites for hydroxylation is 1. The van der Waals surface area contributed by atoms with Crippen LogP contribution in [0.4, 0.5) is 21.9 Å². The number of fused-ring (bicyclic) bond motifs is 2. The highest BCUT2D eigenvalue weighted by atomic mass is 32.1. The summed E-state index contributed by atoms with van der Waals surface area (Å²) >= 11 is 1.52. The number of amides is 3. The molecule has 5 rings (SSSR count). The lowest BCUT2D eigenvalue weighted by Gasteiger charge is -2.36. The standard InChI is InChI=1S/C27H36N4O2S/c1-20-25-22(19-34-20)26(32)28-23-10-3-4-11-24(23)31(25)27(33)30-17-12-21(13-18-30)9-5-8-16-29-14-6-2-7-15-29/h3-4,10-11,19,21H,2,5-9,12-18H2,1H3,(H,28,32). The Hall–Kier alpha value is -2.38. The minimum atomic E-state index is -0.148. The second kappa shape index (κ2) is 10.5. The van der Waals surface area contributed by atoms with Gasteiger partial charge in [0.05, 0.1) is 22.6 Å². The fourth-order valence-electron chi connectivity index (χ4n) is 5.68. The maximum Gasteiger partial charge on any atom is 0.329 e. The average molecular weight is 481 g/mol. The number of rotatable bonds is 5. The van der Waals surface area contributed by atoms with E-state index in [4.69, 9.17) is 0 Å². The number of anilines is 3. The molecule has 1 aromatic heterocycles. The number of hydrogen-bond donors (Lipinski definition) is 1. The molecule has 0 spiro atoms. The summed E-state index contributed by atoms with van der Waals surface area (Å²) in [6, 6.07) is 7.59. The van der Waals surface area contributed by atoms with E-state index in [2.05, 4.69) is 10.2 Å². The lowest BCUT2D eigenvalue weighted by Crippen LogP contribution is -2.45. The van der Waals surface area contributed by atoms with Crippen LogP contribution >= 0.6 is 11.3 Å². The van der Waals surface area contributed by atoms with Crippen LogP contribution in [0, 0.1) is 12.8 Å². The van der Waals surface area contributed by atoms with Crippen LogP contribution in [0.1, 0.15) is 66.6 Å². The summed E-state index contributed by atoms with van der Waals surface area (Å²) in [5.41, 5.74) is 2.75. The Morgan fingerprint density at radius 1 is 1.06 bits per heavy atom. The van der Waals surface area contributed by atoms with E-state index in [1.165, 1.54) is 69.5 Å². The van der Waals surface area contributed by atoms with Crippen LogP contribution in [0.2, 0.25) is 0 Å². The second-order valence-electron chi connectivity index (χ2n) is 9.97. The molecule has 0 unspecified atom stereocenters. The highest BCUT2D eigenvalue weighted by Crippen LogP contribution is 2.43. The lowest BCUT2D eigenvalue weighted by molar-refractivity contribution is 0.102. The van der Waals surface area contributed by atoms with Crippen molar-refractivity contribution in [1.82, 2.24) is 9.80 Å². The first-order valence-electron chi connectivity index (χ1n) is 12.9. The number of carbonyl (C=O) groups is 2.